The number of nitrogens with zero attached hydrogens (tertiary/aromatic N) is 4. The van der Waals surface area contributed by atoms with E-state index in [1.165, 1.54) is 11.1 Å². The second-order valence-corrected chi connectivity index (χ2v) is 9.09. The van der Waals surface area contributed by atoms with Gasteiger partial charge in [0.15, 0.2) is 11.3 Å². The Morgan fingerprint density at radius 2 is 1.94 bits per heavy atom. The molecule has 11 heteroatoms. The van der Waals surface area contributed by atoms with Crippen LogP contribution in [0.2, 0.25) is 5.15 Å². The largest absolute Gasteiger partial charge is 0.419 e. The number of aryl methyl sites for hydroxylation is 1. The molecule has 0 aromatic carbocycles. The van der Waals surface area contributed by atoms with Crippen molar-refractivity contribution in [2.75, 3.05) is 19.6 Å². The van der Waals surface area contributed by atoms with Crippen molar-refractivity contribution in [2.45, 2.75) is 63.8 Å². The van der Waals surface area contributed by atoms with Crippen LogP contribution in [0, 0.1) is 0 Å². The standard InChI is InChI=1S/C22H26ClF3N4O3/c1-2-3-13-10-16(22(24,25)26)20-27-18(19(23)30(20)11-13)21(33)28-8-9-29(17(32)12-28)14-4-6-15(31)7-5-14/h10-11,14-15,31H,2-9,12H2,1H3. The summed E-state index contributed by atoms with van der Waals surface area (Å²) in [4.78, 5) is 32.8. The van der Waals surface area contributed by atoms with Gasteiger partial charge in [0.05, 0.1) is 11.7 Å². The summed E-state index contributed by atoms with van der Waals surface area (Å²) in [7, 11) is 0. The predicted molar refractivity (Wildman–Crippen MR) is 115 cm³/mol. The van der Waals surface area contributed by atoms with Crippen LogP contribution in [0.15, 0.2) is 12.3 Å². The fourth-order valence-electron chi connectivity index (χ4n) is 4.71. The maximum absolute atomic E-state index is 13.7. The first kappa shape index (κ1) is 23.8. The molecule has 7 nitrogen and oxygen atoms in total. The molecule has 1 aliphatic carbocycles. The monoisotopic (exact) mass is 486 g/mol. The van der Waals surface area contributed by atoms with E-state index in [1.54, 1.807) is 4.90 Å². The number of aliphatic hydroxyl groups is 1. The quantitative estimate of drug-likeness (QED) is 0.717. The SMILES string of the molecule is CCCc1cc(C(F)(F)F)c2nc(C(=O)N3CCN(C4CCC(O)CC4)C(=O)C3)c(Cl)n2c1. The van der Waals surface area contributed by atoms with Gasteiger partial charge >= 0.3 is 6.18 Å². The third-order valence-electron chi connectivity index (χ3n) is 6.42. The van der Waals surface area contributed by atoms with Crippen molar-refractivity contribution >= 4 is 29.1 Å². The molecule has 2 fully saturated rings. The molecule has 180 valence electrons. The molecular weight excluding hydrogens is 461 g/mol. The second-order valence-electron chi connectivity index (χ2n) is 8.73. The summed E-state index contributed by atoms with van der Waals surface area (Å²) < 4.78 is 42.1. The average molecular weight is 487 g/mol. The number of aliphatic hydroxyl groups excluding tert-OH is 1. The number of hydrogen-bond donors (Lipinski definition) is 1. The highest BCUT2D eigenvalue weighted by Crippen LogP contribution is 2.35. The van der Waals surface area contributed by atoms with Crippen LogP contribution in [-0.4, -0.2) is 67.9 Å². The van der Waals surface area contributed by atoms with Crippen LogP contribution in [0.3, 0.4) is 0 Å². The number of fused-ring (bicyclic) bond motifs is 1. The van der Waals surface area contributed by atoms with E-state index in [9.17, 15) is 27.9 Å². The van der Waals surface area contributed by atoms with Gasteiger partial charge < -0.3 is 14.9 Å². The summed E-state index contributed by atoms with van der Waals surface area (Å²) >= 11 is 6.33. The Morgan fingerprint density at radius 1 is 1.24 bits per heavy atom. The molecule has 1 aliphatic heterocycles. The Kier molecular flexibility index (Phi) is 6.59. The molecule has 3 heterocycles. The van der Waals surface area contributed by atoms with Crippen molar-refractivity contribution in [1.29, 1.82) is 0 Å². The fourth-order valence-corrected chi connectivity index (χ4v) is 4.96. The van der Waals surface area contributed by atoms with Gasteiger partial charge in [-0.1, -0.05) is 24.9 Å². The van der Waals surface area contributed by atoms with Crippen molar-refractivity contribution in [3.8, 4) is 0 Å². The third-order valence-corrected chi connectivity index (χ3v) is 6.78. The first-order valence-corrected chi connectivity index (χ1v) is 11.5. The Balaban J connectivity index is 1.58. The smallest absolute Gasteiger partial charge is 0.393 e. The number of rotatable bonds is 4. The van der Waals surface area contributed by atoms with Crippen molar-refractivity contribution in [3.05, 3.63) is 34.2 Å². The maximum atomic E-state index is 13.7. The summed E-state index contributed by atoms with van der Waals surface area (Å²) in [6, 6.07) is 1.07. The minimum Gasteiger partial charge on any atom is -0.393 e. The molecule has 1 N–H and O–H groups in total. The van der Waals surface area contributed by atoms with Gasteiger partial charge in [-0.15, -0.1) is 0 Å². The summed E-state index contributed by atoms with van der Waals surface area (Å²) in [6.45, 7) is 2.23. The molecule has 0 atom stereocenters. The summed E-state index contributed by atoms with van der Waals surface area (Å²) in [5.74, 6) is -0.891. The zero-order valence-electron chi connectivity index (χ0n) is 18.2. The van der Waals surface area contributed by atoms with Gasteiger partial charge in [-0.2, -0.15) is 13.2 Å². The zero-order chi connectivity index (χ0) is 23.9. The van der Waals surface area contributed by atoms with Crippen molar-refractivity contribution in [1.82, 2.24) is 19.2 Å². The lowest BCUT2D eigenvalue weighted by molar-refractivity contribution is -0.139. The predicted octanol–water partition coefficient (Wildman–Crippen LogP) is 3.55. The molecule has 0 unspecified atom stereocenters. The minimum atomic E-state index is -4.66. The Hall–Kier alpha value is -2.33. The topological polar surface area (TPSA) is 78.2 Å². The van der Waals surface area contributed by atoms with Crippen LogP contribution >= 0.6 is 11.6 Å². The lowest BCUT2D eigenvalue weighted by Gasteiger charge is -2.41. The Labute approximate surface area is 194 Å². The van der Waals surface area contributed by atoms with Crippen molar-refractivity contribution in [2.24, 2.45) is 0 Å². The number of aromatic nitrogens is 2. The number of imidazole rings is 1. The van der Waals surface area contributed by atoms with Gasteiger partial charge in [0, 0.05) is 25.3 Å². The summed E-state index contributed by atoms with van der Waals surface area (Å²) in [5.41, 5.74) is -1.23. The van der Waals surface area contributed by atoms with Gasteiger partial charge in [0.1, 0.15) is 11.7 Å². The number of carbonyl (C=O) groups is 2. The number of carbonyl (C=O) groups excluding carboxylic acids is 2. The van der Waals surface area contributed by atoms with Crippen LogP contribution < -0.4 is 0 Å². The molecule has 2 aromatic rings. The summed E-state index contributed by atoms with van der Waals surface area (Å²) in [5, 5.41) is 9.49. The van der Waals surface area contributed by atoms with Gasteiger partial charge in [-0.05, 0) is 43.7 Å². The number of amides is 2. The van der Waals surface area contributed by atoms with Gasteiger partial charge in [0.2, 0.25) is 5.91 Å². The minimum absolute atomic E-state index is 0.0308. The molecule has 33 heavy (non-hydrogen) atoms. The van der Waals surface area contributed by atoms with Crippen LogP contribution in [0.25, 0.3) is 5.65 Å². The van der Waals surface area contributed by atoms with E-state index in [0.717, 1.165) is 10.5 Å². The highest BCUT2D eigenvalue weighted by Gasteiger charge is 2.38. The third kappa shape index (κ3) is 4.68. The second kappa shape index (κ2) is 9.13. The van der Waals surface area contributed by atoms with E-state index < -0.39 is 23.3 Å². The van der Waals surface area contributed by atoms with E-state index >= 15 is 0 Å². The highest BCUT2D eigenvalue weighted by atomic mass is 35.5. The van der Waals surface area contributed by atoms with Gasteiger partial charge in [-0.25, -0.2) is 4.98 Å². The van der Waals surface area contributed by atoms with Gasteiger partial charge in [0.25, 0.3) is 5.91 Å². The molecule has 1 saturated carbocycles. The first-order chi connectivity index (χ1) is 15.6. The van der Waals surface area contributed by atoms with E-state index in [0.29, 0.717) is 50.6 Å². The maximum Gasteiger partial charge on any atom is 0.419 e. The van der Waals surface area contributed by atoms with Crippen LogP contribution in [0.4, 0.5) is 13.2 Å². The molecular formula is C22H26ClF3N4O3. The lowest BCUT2D eigenvalue weighted by Crippen LogP contribution is -2.56. The molecule has 0 spiro atoms. The molecule has 4 rings (SSSR count). The fraction of sp³-hybridized carbons (Fsp3) is 0.591. The van der Waals surface area contributed by atoms with Crippen molar-refractivity contribution < 1.29 is 27.9 Å². The number of halogens is 4. The highest BCUT2D eigenvalue weighted by molar-refractivity contribution is 6.33. The average Bonchev–Trinajstić information content (AvgIpc) is 3.09. The molecule has 2 aliphatic rings. The first-order valence-electron chi connectivity index (χ1n) is 11.1. The van der Waals surface area contributed by atoms with E-state index in [4.69, 9.17) is 11.6 Å². The molecule has 2 aromatic heterocycles. The molecule has 0 bridgehead atoms. The zero-order valence-corrected chi connectivity index (χ0v) is 19.0. The van der Waals surface area contributed by atoms with Crippen LogP contribution in [0.5, 0.6) is 0 Å². The molecule has 0 radical (unpaired) electrons. The van der Waals surface area contributed by atoms with Gasteiger partial charge in [-0.3, -0.25) is 14.0 Å². The Morgan fingerprint density at radius 3 is 2.55 bits per heavy atom. The number of pyridine rings is 1. The lowest BCUT2D eigenvalue weighted by atomic mass is 9.91. The Bertz CT molecular complexity index is 1060. The van der Waals surface area contributed by atoms with Crippen molar-refractivity contribution in [3.63, 3.8) is 0 Å². The van der Waals surface area contributed by atoms with E-state index in [2.05, 4.69) is 4.98 Å². The molecule has 2 amide bonds. The number of hydrogen-bond acceptors (Lipinski definition) is 4. The van der Waals surface area contributed by atoms with E-state index in [1.807, 2.05) is 6.92 Å². The number of alkyl halides is 3. The molecule has 1 saturated heterocycles. The van der Waals surface area contributed by atoms with Crippen LogP contribution in [-0.2, 0) is 17.4 Å². The number of piperazine rings is 1. The van der Waals surface area contributed by atoms with Crippen LogP contribution in [0.1, 0.15) is 60.6 Å². The normalized spacial score (nSPS) is 22.3. The van der Waals surface area contributed by atoms with E-state index in [-0.39, 0.29) is 42.0 Å². The summed E-state index contributed by atoms with van der Waals surface area (Å²) in [6.07, 6.45) is 0.231.